The third kappa shape index (κ3) is 6.03. The number of nitrogens with two attached hydrogens (primary N) is 1. The molecule has 0 aromatic heterocycles. The molecule has 7 heteroatoms. The van der Waals surface area contributed by atoms with Crippen LogP contribution in [0.2, 0.25) is 0 Å². The van der Waals surface area contributed by atoms with Crippen molar-refractivity contribution >= 4 is 30.1 Å². The van der Waals surface area contributed by atoms with Crippen molar-refractivity contribution in [3.8, 4) is 11.5 Å². The van der Waals surface area contributed by atoms with E-state index in [1.807, 2.05) is 6.26 Å². The molecule has 5 nitrogen and oxygen atoms in total. The van der Waals surface area contributed by atoms with Crippen molar-refractivity contribution in [2.45, 2.75) is 19.0 Å². The van der Waals surface area contributed by atoms with E-state index in [4.69, 9.17) is 10.5 Å². The third-order valence-corrected chi connectivity index (χ3v) is 3.63. The summed E-state index contributed by atoms with van der Waals surface area (Å²) in [4.78, 5) is 13.7. The monoisotopic (exact) mass is 334 g/mol. The normalized spacial score (nSPS) is 11.4. The van der Waals surface area contributed by atoms with Crippen LogP contribution in [0.4, 0.5) is 0 Å². The number of halogens is 1. The van der Waals surface area contributed by atoms with Gasteiger partial charge in [0.25, 0.3) is 0 Å². The topological polar surface area (TPSA) is 75.8 Å². The Morgan fingerprint density at radius 1 is 1.52 bits per heavy atom. The zero-order valence-electron chi connectivity index (χ0n) is 12.5. The second-order valence-electron chi connectivity index (χ2n) is 4.59. The minimum atomic E-state index is -0.466. The van der Waals surface area contributed by atoms with Crippen LogP contribution in [0.25, 0.3) is 0 Å². The van der Waals surface area contributed by atoms with Crippen molar-refractivity contribution in [3.05, 3.63) is 23.8 Å². The van der Waals surface area contributed by atoms with Crippen LogP contribution in [0.3, 0.4) is 0 Å². The smallest absolute Gasteiger partial charge is 0.239 e. The summed E-state index contributed by atoms with van der Waals surface area (Å²) in [6.45, 7) is 0.433. The molecule has 0 unspecified atom stereocenters. The number of rotatable bonds is 7. The average Bonchev–Trinajstić information content (AvgIpc) is 2.45. The summed E-state index contributed by atoms with van der Waals surface area (Å²) in [6, 6.07) is 4.56. The lowest BCUT2D eigenvalue weighted by molar-refractivity contribution is -0.131. The van der Waals surface area contributed by atoms with Crippen molar-refractivity contribution in [2.24, 2.45) is 5.73 Å². The van der Waals surface area contributed by atoms with Crippen LogP contribution in [-0.2, 0) is 11.3 Å². The van der Waals surface area contributed by atoms with Crippen LogP contribution in [-0.4, -0.2) is 48.1 Å². The molecule has 21 heavy (non-hydrogen) atoms. The molecule has 0 saturated carbocycles. The lowest BCUT2D eigenvalue weighted by Gasteiger charge is -2.21. The number of phenolic OH excluding ortho intramolecular Hbond substituents is 1. The summed E-state index contributed by atoms with van der Waals surface area (Å²) in [5.41, 5.74) is 6.75. The van der Waals surface area contributed by atoms with E-state index in [2.05, 4.69) is 0 Å². The number of methoxy groups -OCH3 is 1. The van der Waals surface area contributed by atoms with Gasteiger partial charge in [-0.15, -0.1) is 12.4 Å². The van der Waals surface area contributed by atoms with E-state index in [-0.39, 0.29) is 24.1 Å². The predicted octanol–water partition coefficient (Wildman–Crippen LogP) is 1.86. The summed E-state index contributed by atoms with van der Waals surface area (Å²) in [6.07, 6.45) is 2.66. The molecular weight excluding hydrogens is 312 g/mol. The number of hydrogen-bond acceptors (Lipinski definition) is 5. The number of likely N-dealkylation sites (N-methyl/N-ethyl adjacent to an activating group) is 1. The van der Waals surface area contributed by atoms with Crippen LogP contribution >= 0.6 is 24.2 Å². The van der Waals surface area contributed by atoms with Gasteiger partial charge in [0.15, 0.2) is 11.5 Å². The Balaban J connectivity index is 0.00000400. The van der Waals surface area contributed by atoms with Crippen molar-refractivity contribution in [2.75, 3.05) is 26.2 Å². The Labute approximate surface area is 136 Å². The van der Waals surface area contributed by atoms with Gasteiger partial charge in [0, 0.05) is 13.6 Å². The number of carbonyl (C=O) groups excluding carboxylic acids is 1. The Morgan fingerprint density at radius 3 is 2.76 bits per heavy atom. The number of phenols is 1. The first-order valence-corrected chi connectivity index (χ1v) is 7.74. The van der Waals surface area contributed by atoms with E-state index in [9.17, 15) is 9.90 Å². The van der Waals surface area contributed by atoms with Crippen LogP contribution in [0.15, 0.2) is 18.2 Å². The fourth-order valence-corrected chi connectivity index (χ4v) is 2.31. The van der Waals surface area contributed by atoms with Crippen LogP contribution in [0, 0.1) is 0 Å². The highest BCUT2D eigenvalue weighted by Crippen LogP contribution is 2.26. The largest absolute Gasteiger partial charge is 0.504 e. The Hall–Kier alpha value is -1.11. The quantitative estimate of drug-likeness (QED) is 0.796. The highest BCUT2D eigenvalue weighted by Gasteiger charge is 2.18. The Kier molecular flexibility index (Phi) is 9.24. The molecular formula is C14H23ClN2O3S. The molecule has 0 radical (unpaired) electrons. The van der Waals surface area contributed by atoms with Gasteiger partial charge in [-0.25, -0.2) is 0 Å². The highest BCUT2D eigenvalue weighted by atomic mass is 35.5. The molecule has 0 bridgehead atoms. The average molecular weight is 335 g/mol. The predicted molar refractivity (Wildman–Crippen MR) is 89.4 cm³/mol. The number of aromatic hydroxyl groups is 1. The van der Waals surface area contributed by atoms with Gasteiger partial charge in [-0.05, 0) is 36.1 Å². The molecule has 0 aliphatic heterocycles. The van der Waals surface area contributed by atoms with Gasteiger partial charge < -0.3 is 20.5 Å². The van der Waals surface area contributed by atoms with E-state index in [0.717, 1.165) is 11.3 Å². The second-order valence-corrected chi connectivity index (χ2v) is 5.57. The Morgan fingerprint density at radius 2 is 2.19 bits per heavy atom. The molecule has 3 N–H and O–H groups in total. The molecule has 1 aromatic carbocycles. The Bertz CT molecular complexity index is 460. The van der Waals surface area contributed by atoms with Gasteiger partial charge >= 0.3 is 0 Å². The minimum Gasteiger partial charge on any atom is -0.504 e. The first-order valence-electron chi connectivity index (χ1n) is 6.35. The lowest BCUT2D eigenvalue weighted by Crippen LogP contribution is -2.41. The van der Waals surface area contributed by atoms with Crippen LogP contribution < -0.4 is 10.5 Å². The molecule has 120 valence electrons. The van der Waals surface area contributed by atoms with Gasteiger partial charge in [0.1, 0.15) is 0 Å². The lowest BCUT2D eigenvalue weighted by atomic mass is 10.1. The molecule has 1 rings (SSSR count). The van der Waals surface area contributed by atoms with E-state index in [1.165, 1.54) is 7.11 Å². The van der Waals surface area contributed by atoms with Gasteiger partial charge in [0.05, 0.1) is 13.2 Å². The van der Waals surface area contributed by atoms with Crippen molar-refractivity contribution in [1.29, 1.82) is 0 Å². The maximum Gasteiger partial charge on any atom is 0.239 e. The highest BCUT2D eigenvalue weighted by molar-refractivity contribution is 7.98. The second kappa shape index (κ2) is 9.76. The number of hydrogen-bond donors (Lipinski definition) is 2. The van der Waals surface area contributed by atoms with Gasteiger partial charge in [-0.2, -0.15) is 11.8 Å². The number of thioether (sulfide) groups is 1. The molecule has 0 aliphatic rings. The first kappa shape index (κ1) is 19.9. The molecule has 1 aromatic rings. The summed E-state index contributed by atoms with van der Waals surface area (Å²) in [7, 11) is 3.21. The van der Waals surface area contributed by atoms with Gasteiger partial charge in [-0.3, -0.25) is 4.79 Å². The van der Waals surface area contributed by atoms with Crippen molar-refractivity contribution in [1.82, 2.24) is 4.90 Å². The van der Waals surface area contributed by atoms with E-state index >= 15 is 0 Å². The van der Waals surface area contributed by atoms with Crippen LogP contribution in [0.1, 0.15) is 12.0 Å². The standard InChI is InChI=1S/C14H22N2O3S.ClH/c1-16(14(18)11(15)6-7-20-3)9-10-4-5-12(17)13(8-10)19-2;/h4-5,8,11,17H,6-7,9,15H2,1-3H3;1H/t11-;/m0./s1. The zero-order valence-corrected chi connectivity index (χ0v) is 14.2. The molecule has 0 heterocycles. The first-order chi connectivity index (χ1) is 9.49. The molecule has 0 fully saturated rings. The number of nitrogens with zero attached hydrogens (tertiary/aromatic N) is 1. The maximum atomic E-state index is 12.1. The summed E-state index contributed by atoms with van der Waals surface area (Å²) >= 11 is 1.67. The number of amides is 1. The SMILES string of the molecule is COc1cc(CN(C)C(=O)[C@@H](N)CCSC)ccc1O.Cl. The zero-order chi connectivity index (χ0) is 15.1. The van der Waals surface area contributed by atoms with Crippen LogP contribution in [0.5, 0.6) is 11.5 Å². The summed E-state index contributed by atoms with van der Waals surface area (Å²) in [5, 5.41) is 9.54. The number of carbonyl (C=O) groups is 1. The fourth-order valence-electron chi connectivity index (χ4n) is 1.82. The molecule has 1 atom stereocenters. The van der Waals surface area contributed by atoms with E-state index < -0.39 is 6.04 Å². The molecule has 1 amide bonds. The third-order valence-electron chi connectivity index (χ3n) is 2.99. The molecule has 0 aliphatic carbocycles. The number of ether oxygens (including phenoxy) is 1. The fraction of sp³-hybridized carbons (Fsp3) is 0.500. The number of benzene rings is 1. The summed E-state index contributed by atoms with van der Waals surface area (Å²) < 4.78 is 5.05. The molecule has 0 spiro atoms. The van der Waals surface area contributed by atoms with Gasteiger partial charge in [-0.1, -0.05) is 6.07 Å². The van der Waals surface area contributed by atoms with Gasteiger partial charge in [0.2, 0.25) is 5.91 Å². The minimum absolute atomic E-state index is 0. The van der Waals surface area contributed by atoms with Crippen molar-refractivity contribution < 1.29 is 14.6 Å². The van der Waals surface area contributed by atoms with E-state index in [1.54, 1.807) is 41.9 Å². The van der Waals surface area contributed by atoms with Crippen molar-refractivity contribution in [3.63, 3.8) is 0 Å². The molecule has 0 saturated heterocycles. The maximum absolute atomic E-state index is 12.1. The summed E-state index contributed by atoms with van der Waals surface area (Å²) in [5.74, 6) is 1.27. The van der Waals surface area contributed by atoms with E-state index in [0.29, 0.717) is 18.7 Å².